The van der Waals surface area contributed by atoms with Crippen LogP contribution in [0.4, 0.5) is 4.39 Å². The third kappa shape index (κ3) is 2.46. The molecule has 0 amide bonds. The maximum atomic E-state index is 15.1. The normalized spacial score (nSPS) is 11.0. The van der Waals surface area contributed by atoms with Crippen molar-refractivity contribution in [3.8, 4) is 16.9 Å². The standard InChI is InChI=1S/C24H19FO/c1-4-16-10-9-15(2)23(24(16)25)21-13-18-12-11-17-7-5-6-8-19(17)20(18)14-22(21)26-3/h4-14H,1H2,2-3H3. The number of hydrogen-bond donors (Lipinski definition) is 0. The van der Waals surface area contributed by atoms with E-state index in [4.69, 9.17) is 4.74 Å². The number of rotatable bonds is 3. The van der Waals surface area contributed by atoms with Crippen molar-refractivity contribution < 1.29 is 9.13 Å². The van der Waals surface area contributed by atoms with Gasteiger partial charge in [0.2, 0.25) is 0 Å². The summed E-state index contributed by atoms with van der Waals surface area (Å²) in [5, 5.41) is 4.49. The summed E-state index contributed by atoms with van der Waals surface area (Å²) in [4.78, 5) is 0. The average molecular weight is 342 g/mol. The highest BCUT2D eigenvalue weighted by Crippen LogP contribution is 2.40. The Morgan fingerprint density at radius 2 is 1.69 bits per heavy atom. The Morgan fingerprint density at radius 1 is 0.923 bits per heavy atom. The number of methoxy groups -OCH3 is 1. The van der Waals surface area contributed by atoms with Gasteiger partial charge in [0.25, 0.3) is 0 Å². The molecule has 0 fully saturated rings. The zero-order valence-corrected chi connectivity index (χ0v) is 14.8. The first-order valence-corrected chi connectivity index (χ1v) is 8.55. The molecule has 128 valence electrons. The fraction of sp³-hybridized carbons (Fsp3) is 0.0833. The molecule has 0 heterocycles. The van der Waals surface area contributed by atoms with Crippen LogP contribution < -0.4 is 4.74 Å². The third-order valence-electron chi connectivity index (χ3n) is 4.93. The quantitative estimate of drug-likeness (QED) is 0.374. The molecule has 0 saturated carbocycles. The van der Waals surface area contributed by atoms with Crippen molar-refractivity contribution in [2.75, 3.05) is 7.11 Å². The third-order valence-corrected chi connectivity index (χ3v) is 4.93. The molecule has 0 aliphatic heterocycles. The van der Waals surface area contributed by atoms with E-state index in [2.05, 4.69) is 30.8 Å². The van der Waals surface area contributed by atoms with E-state index in [1.165, 1.54) is 5.39 Å². The molecular formula is C24H19FO. The van der Waals surface area contributed by atoms with Gasteiger partial charge in [-0.1, -0.05) is 61.2 Å². The first-order valence-electron chi connectivity index (χ1n) is 8.55. The van der Waals surface area contributed by atoms with Crippen molar-refractivity contribution in [3.63, 3.8) is 0 Å². The average Bonchev–Trinajstić information content (AvgIpc) is 2.67. The van der Waals surface area contributed by atoms with Gasteiger partial charge >= 0.3 is 0 Å². The van der Waals surface area contributed by atoms with Gasteiger partial charge in [-0.05, 0) is 46.2 Å². The Balaban J connectivity index is 2.09. The summed E-state index contributed by atoms with van der Waals surface area (Å²) in [7, 11) is 1.63. The molecule has 0 atom stereocenters. The Labute approximate surface area is 152 Å². The van der Waals surface area contributed by atoms with E-state index >= 15 is 4.39 Å². The molecule has 4 aromatic carbocycles. The first kappa shape index (κ1) is 16.3. The summed E-state index contributed by atoms with van der Waals surface area (Å²) in [6.45, 7) is 5.62. The molecule has 26 heavy (non-hydrogen) atoms. The van der Waals surface area contributed by atoms with E-state index in [0.717, 1.165) is 27.3 Å². The van der Waals surface area contributed by atoms with Crippen LogP contribution in [0.2, 0.25) is 0 Å². The zero-order chi connectivity index (χ0) is 18.3. The summed E-state index contributed by atoms with van der Waals surface area (Å²) >= 11 is 0. The van der Waals surface area contributed by atoms with Gasteiger partial charge < -0.3 is 4.74 Å². The second-order valence-corrected chi connectivity index (χ2v) is 6.43. The number of ether oxygens (including phenoxy) is 1. The molecule has 4 aromatic rings. The van der Waals surface area contributed by atoms with E-state index in [1.807, 2.05) is 37.3 Å². The van der Waals surface area contributed by atoms with Gasteiger partial charge in [-0.3, -0.25) is 0 Å². The summed E-state index contributed by atoms with van der Waals surface area (Å²) < 4.78 is 20.7. The Hall–Kier alpha value is -3.13. The van der Waals surface area contributed by atoms with E-state index in [9.17, 15) is 0 Å². The van der Waals surface area contributed by atoms with Crippen LogP contribution in [0.25, 0.3) is 38.7 Å². The van der Waals surface area contributed by atoms with Crippen molar-refractivity contribution >= 4 is 27.6 Å². The van der Waals surface area contributed by atoms with Crippen molar-refractivity contribution in [3.05, 3.63) is 84.2 Å². The lowest BCUT2D eigenvalue weighted by molar-refractivity contribution is 0.416. The van der Waals surface area contributed by atoms with Gasteiger partial charge in [0, 0.05) is 16.7 Å². The molecule has 0 saturated heterocycles. The molecule has 0 radical (unpaired) electrons. The highest BCUT2D eigenvalue weighted by Gasteiger charge is 2.17. The molecule has 4 rings (SSSR count). The maximum Gasteiger partial charge on any atom is 0.138 e. The van der Waals surface area contributed by atoms with Crippen molar-refractivity contribution in [2.24, 2.45) is 0 Å². The largest absolute Gasteiger partial charge is 0.496 e. The smallest absolute Gasteiger partial charge is 0.138 e. The van der Waals surface area contributed by atoms with Gasteiger partial charge in [-0.2, -0.15) is 0 Å². The summed E-state index contributed by atoms with van der Waals surface area (Å²) in [5.41, 5.74) is 2.68. The molecule has 0 unspecified atom stereocenters. The summed E-state index contributed by atoms with van der Waals surface area (Å²) in [6.07, 6.45) is 1.54. The molecule has 0 aliphatic carbocycles. The maximum absolute atomic E-state index is 15.1. The Bertz CT molecular complexity index is 1160. The van der Waals surface area contributed by atoms with Gasteiger partial charge in [0.1, 0.15) is 11.6 Å². The summed E-state index contributed by atoms with van der Waals surface area (Å²) in [5.74, 6) is 0.399. The highest BCUT2D eigenvalue weighted by atomic mass is 19.1. The van der Waals surface area contributed by atoms with Crippen molar-refractivity contribution in [1.82, 2.24) is 0 Å². The van der Waals surface area contributed by atoms with Crippen LogP contribution in [0.5, 0.6) is 5.75 Å². The van der Waals surface area contributed by atoms with Crippen LogP contribution in [-0.4, -0.2) is 7.11 Å². The van der Waals surface area contributed by atoms with E-state index in [-0.39, 0.29) is 5.82 Å². The predicted molar refractivity (Wildman–Crippen MR) is 108 cm³/mol. The molecular weight excluding hydrogens is 323 g/mol. The van der Waals surface area contributed by atoms with Crippen molar-refractivity contribution in [2.45, 2.75) is 6.92 Å². The second kappa shape index (κ2) is 6.30. The Morgan fingerprint density at radius 3 is 2.46 bits per heavy atom. The molecule has 0 aromatic heterocycles. The minimum atomic E-state index is -0.265. The minimum Gasteiger partial charge on any atom is -0.496 e. The molecule has 0 N–H and O–H groups in total. The lowest BCUT2D eigenvalue weighted by Gasteiger charge is -2.16. The fourth-order valence-electron chi connectivity index (χ4n) is 3.58. The second-order valence-electron chi connectivity index (χ2n) is 6.43. The first-order chi connectivity index (χ1) is 12.6. The summed E-state index contributed by atoms with van der Waals surface area (Å²) in [6, 6.07) is 20.1. The molecule has 1 nitrogen and oxygen atoms in total. The molecule has 2 heteroatoms. The van der Waals surface area contributed by atoms with E-state index in [0.29, 0.717) is 16.9 Å². The number of fused-ring (bicyclic) bond motifs is 3. The SMILES string of the molecule is C=Cc1ccc(C)c(-c2cc3ccc4ccccc4c3cc2OC)c1F. The van der Waals surface area contributed by atoms with Crippen LogP contribution in [0.1, 0.15) is 11.1 Å². The number of hydrogen-bond acceptors (Lipinski definition) is 1. The highest BCUT2D eigenvalue weighted by molar-refractivity contribution is 6.09. The van der Waals surface area contributed by atoms with E-state index < -0.39 is 0 Å². The molecule has 0 bridgehead atoms. The van der Waals surface area contributed by atoms with Crippen LogP contribution in [0.3, 0.4) is 0 Å². The van der Waals surface area contributed by atoms with Gasteiger partial charge in [-0.15, -0.1) is 0 Å². The van der Waals surface area contributed by atoms with Crippen LogP contribution in [0.15, 0.2) is 67.2 Å². The fourth-order valence-corrected chi connectivity index (χ4v) is 3.58. The molecule has 0 spiro atoms. The van der Waals surface area contributed by atoms with Crippen molar-refractivity contribution in [1.29, 1.82) is 0 Å². The van der Waals surface area contributed by atoms with Crippen LogP contribution in [-0.2, 0) is 0 Å². The topological polar surface area (TPSA) is 9.23 Å². The number of aryl methyl sites for hydroxylation is 1. The monoisotopic (exact) mass is 342 g/mol. The zero-order valence-electron chi connectivity index (χ0n) is 14.8. The predicted octanol–water partition coefficient (Wildman–Crippen LogP) is 6.76. The van der Waals surface area contributed by atoms with Gasteiger partial charge in [0.15, 0.2) is 0 Å². The Kier molecular flexibility index (Phi) is 3.96. The number of benzene rings is 4. The van der Waals surface area contributed by atoms with Gasteiger partial charge in [0.05, 0.1) is 7.11 Å². The lowest BCUT2D eigenvalue weighted by atomic mass is 9.93. The van der Waals surface area contributed by atoms with E-state index in [1.54, 1.807) is 19.3 Å². The lowest BCUT2D eigenvalue weighted by Crippen LogP contribution is -1.96. The van der Waals surface area contributed by atoms with Crippen LogP contribution >= 0.6 is 0 Å². The van der Waals surface area contributed by atoms with Crippen LogP contribution in [0, 0.1) is 12.7 Å². The minimum absolute atomic E-state index is 0.265. The molecule has 0 aliphatic rings. The number of halogens is 1. The van der Waals surface area contributed by atoms with Gasteiger partial charge in [-0.25, -0.2) is 4.39 Å².